The van der Waals surface area contributed by atoms with Gasteiger partial charge in [0.15, 0.2) is 0 Å². The molecule has 6 heteroatoms. The maximum atomic E-state index is 13.5. The number of hydrogen-bond acceptors (Lipinski definition) is 4. The number of benzene rings is 2. The van der Waals surface area contributed by atoms with Gasteiger partial charge >= 0.3 is 0 Å². The molecule has 0 radical (unpaired) electrons. The van der Waals surface area contributed by atoms with Gasteiger partial charge < -0.3 is 15.0 Å². The number of ether oxygens (including phenoxy) is 1. The van der Waals surface area contributed by atoms with Gasteiger partial charge in [0.25, 0.3) is 5.91 Å². The first-order chi connectivity index (χ1) is 17.1. The molecule has 2 aromatic rings. The first-order valence-corrected chi connectivity index (χ1v) is 13.2. The third kappa shape index (κ3) is 5.37. The lowest BCUT2D eigenvalue weighted by atomic mass is 9.84. The lowest BCUT2D eigenvalue weighted by Crippen LogP contribution is -2.53. The van der Waals surface area contributed by atoms with Gasteiger partial charge in [0.2, 0.25) is 5.91 Å². The Kier molecular flexibility index (Phi) is 7.37. The van der Waals surface area contributed by atoms with Crippen molar-refractivity contribution in [2.45, 2.75) is 69.6 Å². The minimum atomic E-state index is -0.356. The molecule has 0 aromatic heterocycles. The summed E-state index contributed by atoms with van der Waals surface area (Å²) >= 11 is 0. The highest BCUT2D eigenvalue weighted by Crippen LogP contribution is 2.40. The summed E-state index contributed by atoms with van der Waals surface area (Å²) in [5.74, 6) is 1.37. The highest BCUT2D eigenvalue weighted by atomic mass is 16.5. The quantitative estimate of drug-likeness (QED) is 0.679. The van der Waals surface area contributed by atoms with Crippen LogP contribution in [0.3, 0.4) is 0 Å². The molecular weight excluding hydrogens is 438 g/mol. The summed E-state index contributed by atoms with van der Waals surface area (Å²) in [6.45, 7) is 2.79. The molecule has 1 N–H and O–H groups in total. The second kappa shape index (κ2) is 10.8. The molecule has 0 spiro atoms. The van der Waals surface area contributed by atoms with Gasteiger partial charge in [0, 0.05) is 37.3 Å². The molecule has 3 aliphatic rings. The predicted octanol–water partition coefficient (Wildman–Crippen LogP) is 4.25. The van der Waals surface area contributed by atoms with Gasteiger partial charge in [-0.1, -0.05) is 43.2 Å². The van der Waals surface area contributed by atoms with Crippen molar-refractivity contribution in [3.8, 4) is 5.75 Å². The average Bonchev–Trinajstić information content (AvgIpc) is 3.30. The van der Waals surface area contributed by atoms with Gasteiger partial charge in [-0.3, -0.25) is 14.5 Å². The van der Waals surface area contributed by atoms with E-state index in [0.717, 1.165) is 63.9 Å². The Morgan fingerprint density at radius 2 is 1.74 bits per heavy atom. The number of carbonyl (C=O) groups excluding carboxylic acids is 2. The lowest BCUT2D eigenvalue weighted by molar-refractivity contribution is -0.126. The second-order valence-corrected chi connectivity index (χ2v) is 10.4. The monoisotopic (exact) mass is 475 g/mol. The van der Waals surface area contributed by atoms with E-state index >= 15 is 0 Å². The van der Waals surface area contributed by atoms with Crippen LogP contribution in [0.1, 0.15) is 60.9 Å². The first-order valence-electron chi connectivity index (χ1n) is 13.2. The molecule has 35 heavy (non-hydrogen) atoms. The van der Waals surface area contributed by atoms with Crippen LogP contribution in [-0.2, 0) is 11.3 Å². The summed E-state index contributed by atoms with van der Waals surface area (Å²) in [5.41, 5.74) is 1.93. The minimum absolute atomic E-state index is 0.00765. The van der Waals surface area contributed by atoms with Crippen molar-refractivity contribution >= 4 is 11.8 Å². The predicted molar refractivity (Wildman–Crippen MR) is 136 cm³/mol. The maximum absolute atomic E-state index is 13.5. The maximum Gasteiger partial charge on any atom is 0.254 e. The molecule has 1 saturated carbocycles. The van der Waals surface area contributed by atoms with Crippen LogP contribution in [0.25, 0.3) is 0 Å². The molecular formula is C29H37N3O3. The number of methoxy groups -OCH3 is 1. The Morgan fingerprint density at radius 3 is 2.51 bits per heavy atom. The summed E-state index contributed by atoms with van der Waals surface area (Å²) in [6, 6.07) is 17.7. The first kappa shape index (κ1) is 23.9. The standard InChI is InChI=1S/C29H37N3O3/c1-35-25-12-7-8-21(18-25)20-31-16-14-24(15-17-31)30-28(33)27-19-23-11-5-6-13-26(23)32(27)29(34)22-9-3-2-4-10-22/h2-4,7-10,12,18,23-24,26-27H,5-6,11,13-17,19-20H2,1H3,(H,30,33). The van der Waals surface area contributed by atoms with E-state index in [9.17, 15) is 9.59 Å². The van der Waals surface area contributed by atoms with E-state index in [1.165, 1.54) is 12.0 Å². The topological polar surface area (TPSA) is 61.9 Å². The fourth-order valence-corrected chi connectivity index (χ4v) is 6.28. The van der Waals surface area contributed by atoms with Crippen molar-refractivity contribution in [1.82, 2.24) is 15.1 Å². The van der Waals surface area contributed by atoms with Gasteiger partial charge in [-0.05, 0) is 67.9 Å². The molecule has 0 bridgehead atoms. The Morgan fingerprint density at radius 1 is 0.971 bits per heavy atom. The van der Waals surface area contributed by atoms with E-state index in [1.54, 1.807) is 7.11 Å². The van der Waals surface area contributed by atoms with E-state index in [4.69, 9.17) is 4.74 Å². The number of hydrogen-bond donors (Lipinski definition) is 1. The van der Waals surface area contributed by atoms with Crippen molar-refractivity contribution in [3.63, 3.8) is 0 Å². The van der Waals surface area contributed by atoms with Crippen LogP contribution in [0.5, 0.6) is 5.75 Å². The van der Waals surface area contributed by atoms with Crippen molar-refractivity contribution in [2.24, 2.45) is 5.92 Å². The molecule has 3 unspecified atom stereocenters. The molecule has 5 rings (SSSR count). The lowest BCUT2D eigenvalue weighted by Gasteiger charge is -2.35. The number of carbonyl (C=O) groups is 2. The number of likely N-dealkylation sites (tertiary alicyclic amines) is 2. The number of nitrogens with zero attached hydrogens (tertiary/aromatic N) is 2. The van der Waals surface area contributed by atoms with Crippen molar-refractivity contribution < 1.29 is 14.3 Å². The summed E-state index contributed by atoms with van der Waals surface area (Å²) in [7, 11) is 1.70. The zero-order chi connectivity index (χ0) is 24.2. The molecule has 2 aliphatic heterocycles. The molecule has 1 aliphatic carbocycles. The second-order valence-electron chi connectivity index (χ2n) is 10.4. The third-order valence-electron chi connectivity index (χ3n) is 8.12. The fourth-order valence-electron chi connectivity index (χ4n) is 6.28. The largest absolute Gasteiger partial charge is 0.497 e. The van der Waals surface area contributed by atoms with E-state index in [2.05, 4.69) is 22.3 Å². The molecule has 2 amide bonds. The number of amides is 2. The van der Waals surface area contributed by atoms with Crippen LogP contribution in [-0.4, -0.2) is 59.9 Å². The number of fused-ring (bicyclic) bond motifs is 1. The van der Waals surface area contributed by atoms with Gasteiger partial charge in [-0.2, -0.15) is 0 Å². The average molecular weight is 476 g/mol. The fraction of sp³-hybridized carbons (Fsp3) is 0.517. The Labute approximate surface area is 208 Å². The van der Waals surface area contributed by atoms with Gasteiger partial charge in [0.05, 0.1) is 7.11 Å². The number of piperidine rings is 1. The normalized spacial score (nSPS) is 25.2. The molecule has 3 fully saturated rings. The van der Waals surface area contributed by atoms with Crippen molar-refractivity contribution in [2.75, 3.05) is 20.2 Å². The molecule has 6 nitrogen and oxygen atoms in total. The van der Waals surface area contributed by atoms with E-state index in [1.807, 2.05) is 47.4 Å². The SMILES string of the molecule is COc1cccc(CN2CCC(NC(=O)C3CC4CCCCC4N3C(=O)c3ccccc3)CC2)c1. The summed E-state index contributed by atoms with van der Waals surface area (Å²) in [6.07, 6.45) is 7.13. The summed E-state index contributed by atoms with van der Waals surface area (Å²) in [5, 5.41) is 3.33. The van der Waals surface area contributed by atoms with E-state index < -0.39 is 0 Å². The zero-order valence-corrected chi connectivity index (χ0v) is 20.7. The van der Waals surface area contributed by atoms with Crippen LogP contribution in [0.2, 0.25) is 0 Å². The summed E-state index contributed by atoms with van der Waals surface area (Å²) in [4.78, 5) is 31.4. The highest BCUT2D eigenvalue weighted by molar-refractivity contribution is 5.98. The van der Waals surface area contributed by atoms with Crippen LogP contribution < -0.4 is 10.1 Å². The Bertz CT molecular complexity index is 1020. The van der Waals surface area contributed by atoms with Crippen molar-refractivity contribution in [1.29, 1.82) is 0 Å². The summed E-state index contributed by atoms with van der Waals surface area (Å²) < 4.78 is 5.35. The molecule has 3 atom stereocenters. The molecule has 2 heterocycles. The van der Waals surface area contributed by atoms with Crippen LogP contribution >= 0.6 is 0 Å². The van der Waals surface area contributed by atoms with Crippen LogP contribution in [0.15, 0.2) is 54.6 Å². The third-order valence-corrected chi connectivity index (χ3v) is 8.12. The minimum Gasteiger partial charge on any atom is -0.497 e. The highest BCUT2D eigenvalue weighted by Gasteiger charge is 2.47. The molecule has 2 saturated heterocycles. The zero-order valence-electron chi connectivity index (χ0n) is 20.7. The smallest absolute Gasteiger partial charge is 0.254 e. The number of nitrogens with one attached hydrogen (secondary N) is 1. The number of rotatable bonds is 6. The van der Waals surface area contributed by atoms with Crippen LogP contribution in [0, 0.1) is 5.92 Å². The van der Waals surface area contributed by atoms with Crippen molar-refractivity contribution in [3.05, 3.63) is 65.7 Å². The van der Waals surface area contributed by atoms with E-state index in [0.29, 0.717) is 11.5 Å². The van der Waals surface area contributed by atoms with Gasteiger partial charge in [0.1, 0.15) is 11.8 Å². The van der Waals surface area contributed by atoms with E-state index in [-0.39, 0.29) is 29.9 Å². The molecule has 186 valence electrons. The van der Waals surface area contributed by atoms with Crippen LogP contribution in [0.4, 0.5) is 0 Å². The van der Waals surface area contributed by atoms with Gasteiger partial charge in [-0.25, -0.2) is 0 Å². The Hall–Kier alpha value is -2.86. The van der Waals surface area contributed by atoms with Gasteiger partial charge in [-0.15, -0.1) is 0 Å². The Balaban J connectivity index is 1.20. The molecule has 2 aromatic carbocycles.